The van der Waals surface area contributed by atoms with Gasteiger partial charge in [-0.05, 0) is 33.8 Å². The number of hydrogen-bond acceptors (Lipinski definition) is 5. The smallest absolute Gasteiger partial charge is 0.152 e. The Morgan fingerprint density at radius 2 is 2.00 bits per heavy atom. The van der Waals surface area contributed by atoms with E-state index in [1.54, 1.807) is 13.8 Å². The highest BCUT2D eigenvalue weighted by molar-refractivity contribution is 6.06. The molecular weight excluding hydrogens is 304 g/mol. The molecule has 0 aliphatic carbocycles. The third kappa shape index (κ3) is 2.72. The van der Waals surface area contributed by atoms with E-state index in [4.69, 9.17) is 10.5 Å². The summed E-state index contributed by atoms with van der Waals surface area (Å²) < 4.78 is 7.67. The molecule has 1 aromatic carbocycles. The van der Waals surface area contributed by atoms with E-state index in [1.165, 1.54) is 0 Å². The molecule has 3 N–H and O–H groups in total. The summed E-state index contributed by atoms with van der Waals surface area (Å²) in [4.78, 5) is 9.06. The van der Waals surface area contributed by atoms with Gasteiger partial charge in [0.05, 0.1) is 29.3 Å². The van der Waals surface area contributed by atoms with E-state index in [-0.39, 0.29) is 6.04 Å². The van der Waals surface area contributed by atoms with Crippen LogP contribution in [0.4, 0.5) is 5.82 Å². The van der Waals surface area contributed by atoms with Gasteiger partial charge in [0.25, 0.3) is 0 Å². The molecule has 2 aromatic heterocycles. The highest BCUT2D eigenvalue weighted by Gasteiger charge is 2.32. The summed E-state index contributed by atoms with van der Waals surface area (Å²) in [6.45, 7) is 8.41. The average Bonchev–Trinajstić information content (AvgIpc) is 2.85. The number of fused-ring (bicyclic) bond motifs is 3. The molecule has 0 bridgehead atoms. The molecule has 3 rings (SSSR count). The number of anilines is 1. The Bertz CT molecular complexity index is 880. The molecule has 0 aliphatic rings. The second kappa shape index (κ2) is 6.03. The molecule has 0 radical (unpaired) electrons. The number of aliphatic hydroxyl groups is 1. The Labute approximate surface area is 141 Å². The van der Waals surface area contributed by atoms with Crippen LogP contribution in [-0.4, -0.2) is 38.5 Å². The van der Waals surface area contributed by atoms with Gasteiger partial charge >= 0.3 is 0 Å². The Kier molecular flexibility index (Phi) is 4.19. The van der Waals surface area contributed by atoms with Crippen LogP contribution in [-0.2, 0) is 4.74 Å². The lowest BCUT2D eigenvalue weighted by Crippen LogP contribution is -2.37. The van der Waals surface area contributed by atoms with Crippen LogP contribution in [0.25, 0.3) is 21.9 Å². The largest absolute Gasteiger partial charge is 0.388 e. The second-order valence-electron chi connectivity index (χ2n) is 6.57. The fraction of sp³-hybridized carbons (Fsp3) is 0.444. The number of pyridine rings is 1. The third-order valence-electron chi connectivity index (χ3n) is 4.34. The first-order valence-corrected chi connectivity index (χ1v) is 8.17. The molecule has 24 heavy (non-hydrogen) atoms. The van der Waals surface area contributed by atoms with Gasteiger partial charge in [-0.3, -0.25) is 0 Å². The molecule has 3 aromatic rings. The molecule has 0 saturated heterocycles. The van der Waals surface area contributed by atoms with E-state index in [2.05, 4.69) is 9.97 Å². The summed E-state index contributed by atoms with van der Waals surface area (Å²) in [5.41, 5.74) is 7.52. The molecule has 6 nitrogen and oxygen atoms in total. The number of hydrogen-bond donors (Lipinski definition) is 2. The van der Waals surface area contributed by atoms with Crippen LogP contribution in [0, 0.1) is 6.92 Å². The molecule has 2 heterocycles. The quantitative estimate of drug-likeness (QED) is 0.752. The van der Waals surface area contributed by atoms with E-state index < -0.39 is 5.60 Å². The first kappa shape index (κ1) is 16.7. The molecule has 0 fully saturated rings. The number of rotatable bonds is 5. The number of aromatic nitrogens is 3. The molecule has 1 atom stereocenters. The van der Waals surface area contributed by atoms with Crippen molar-refractivity contribution < 1.29 is 9.84 Å². The van der Waals surface area contributed by atoms with Gasteiger partial charge in [-0.2, -0.15) is 0 Å². The highest BCUT2D eigenvalue weighted by Crippen LogP contribution is 2.34. The van der Waals surface area contributed by atoms with Gasteiger partial charge < -0.3 is 20.1 Å². The van der Waals surface area contributed by atoms with Crippen molar-refractivity contribution in [1.29, 1.82) is 0 Å². The number of nitrogens with zero attached hydrogens (tertiary/aromatic N) is 3. The Morgan fingerprint density at radius 1 is 1.29 bits per heavy atom. The van der Waals surface area contributed by atoms with Crippen molar-refractivity contribution in [2.24, 2.45) is 0 Å². The summed E-state index contributed by atoms with van der Waals surface area (Å²) >= 11 is 0. The Hall–Kier alpha value is -2.18. The van der Waals surface area contributed by atoms with Gasteiger partial charge in [0.2, 0.25) is 0 Å². The maximum absolute atomic E-state index is 10.7. The minimum Gasteiger partial charge on any atom is -0.388 e. The topological polar surface area (TPSA) is 86.2 Å². The van der Waals surface area contributed by atoms with Gasteiger partial charge in [0.1, 0.15) is 11.3 Å². The zero-order valence-electron chi connectivity index (χ0n) is 14.6. The van der Waals surface area contributed by atoms with Gasteiger partial charge in [0, 0.05) is 12.0 Å². The number of benzene rings is 1. The van der Waals surface area contributed by atoms with Crippen molar-refractivity contribution in [3.05, 3.63) is 30.1 Å². The van der Waals surface area contributed by atoms with Crippen molar-refractivity contribution in [3.63, 3.8) is 0 Å². The minimum atomic E-state index is -0.979. The zero-order valence-corrected chi connectivity index (χ0v) is 14.6. The number of imidazole rings is 1. The average molecular weight is 328 g/mol. The highest BCUT2D eigenvalue weighted by atomic mass is 16.5. The molecule has 128 valence electrons. The van der Waals surface area contributed by atoms with Crippen LogP contribution in [0.1, 0.15) is 32.6 Å². The van der Waals surface area contributed by atoms with Gasteiger partial charge in [-0.15, -0.1) is 0 Å². The van der Waals surface area contributed by atoms with E-state index >= 15 is 0 Å². The lowest BCUT2D eigenvalue weighted by atomic mass is 9.98. The summed E-state index contributed by atoms with van der Waals surface area (Å²) in [6, 6.07) is 7.55. The van der Waals surface area contributed by atoms with Crippen molar-refractivity contribution in [2.45, 2.75) is 39.3 Å². The maximum atomic E-state index is 10.7. The minimum absolute atomic E-state index is 0.285. The molecule has 0 spiro atoms. The predicted octanol–water partition coefficient (Wildman–Crippen LogP) is 2.82. The molecule has 0 amide bonds. The van der Waals surface area contributed by atoms with Crippen molar-refractivity contribution in [3.8, 4) is 0 Å². The van der Waals surface area contributed by atoms with Crippen LogP contribution in [0.5, 0.6) is 0 Å². The third-order valence-corrected chi connectivity index (χ3v) is 4.34. The van der Waals surface area contributed by atoms with Crippen molar-refractivity contribution in [1.82, 2.24) is 14.5 Å². The van der Waals surface area contributed by atoms with Crippen molar-refractivity contribution >= 4 is 27.8 Å². The van der Waals surface area contributed by atoms with Gasteiger partial charge in [-0.25, -0.2) is 9.97 Å². The van der Waals surface area contributed by atoms with Gasteiger partial charge in [-0.1, -0.05) is 18.2 Å². The normalized spacial score (nSPS) is 13.7. The second-order valence-corrected chi connectivity index (χ2v) is 6.57. The molecular formula is C18H24N4O2. The predicted molar refractivity (Wildman–Crippen MR) is 96.0 cm³/mol. The fourth-order valence-electron chi connectivity index (χ4n) is 3.14. The molecule has 0 saturated carbocycles. The van der Waals surface area contributed by atoms with Crippen LogP contribution >= 0.6 is 0 Å². The number of ether oxygens (including phenoxy) is 1. The van der Waals surface area contributed by atoms with Crippen molar-refractivity contribution in [2.75, 3.05) is 18.9 Å². The summed E-state index contributed by atoms with van der Waals surface area (Å²) in [6.07, 6.45) is 0. The number of nitrogens with two attached hydrogens (primary N) is 1. The summed E-state index contributed by atoms with van der Waals surface area (Å²) in [5, 5.41) is 11.7. The van der Waals surface area contributed by atoms with Crippen LogP contribution in [0.3, 0.4) is 0 Å². The summed E-state index contributed by atoms with van der Waals surface area (Å²) in [5.74, 6) is 1.18. The zero-order chi connectivity index (χ0) is 17.5. The van der Waals surface area contributed by atoms with Crippen LogP contribution in [0.2, 0.25) is 0 Å². The van der Waals surface area contributed by atoms with E-state index in [0.29, 0.717) is 24.5 Å². The SMILES string of the molecule is CCOCC(n1c(C)nc2c(N)nc3ccccc3c21)C(C)(C)O. The van der Waals surface area contributed by atoms with E-state index in [0.717, 1.165) is 22.2 Å². The Balaban J connectivity index is 2.36. The monoisotopic (exact) mass is 328 g/mol. The number of para-hydroxylation sites is 1. The summed E-state index contributed by atoms with van der Waals surface area (Å²) in [7, 11) is 0. The molecule has 6 heteroatoms. The molecule has 1 unspecified atom stereocenters. The van der Waals surface area contributed by atoms with E-state index in [9.17, 15) is 5.11 Å². The number of nitrogen functional groups attached to an aromatic ring is 1. The Morgan fingerprint density at radius 3 is 2.67 bits per heavy atom. The lowest BCUT2D eigenvalue weighted by molar-refractivity contribution is -0.0188. The van der Waals surface area contributed by atoms with Crippen LogP contribution in [0.15, 0.2) is 24.3 Å². The van der Waals surface area contributed by atoms with Crippen LogP contribution < -0.4 is 5.73 Å². The lowest BCUT2D eigenvalue weighted by Gasteiger charge is -2.32. The fourth-order valence-corrected chi connectivity index (χ4v) is 3.14. The first-order chi connectivity index (χ1) is 11.3. The molecule has 0 aliphatic heterocycles. The van der Waals surface area contributed by atoms with Gasteiger partial charge in [0.15, 0.2) is 5.82 Å². The maximum Gasteiger partial charge on any atom is 0.152 e. The van der Waals surface area contributed by atoms with E-state index in [1.807, 2.05) is 42.7 Å². The first-order valence-electron chi connectivity index (χ1n) is 8.17. The number of aryl methyl sites for hydroxylation is 1. The standard InChI is InChI=1S/C18H24N4O2/c1-5-24-10-14(18(3,4)23)22-11(2)20-15-16(22)12-8-6-7-9-13(12)21-17(15)19/h6-9,14,23H,5,10H2,1-4H3,(H2,19,21).